The largest absolute Gasteiger partial charge is 0.493 e. The van der Waals surface area contributed by atoms with E-state index in [0.717, 1.165) is 6.42 Å². The van der Waals surface area contributed by atoms with E-state index >= 15 is 0 Å². The first-order chi connectivity index (χ1) is 8.67. The molecule has 1 aromatic rings. The lowest BCUT2D eigenvalue weighted by Gasteiger charge is -2.12. The van der Waals surface area contributed by atoms with Gasteiger partial charge < -0.3 is 20.3 Å². The molecule has 0 unspecified atom stereocenters. The van der Waals surface area contributed by atoms with Crippen LogP contribution in [-0.4, -0.2) is 24.2 Å². The molecule has 0 fully saturated rings. The fourth-order valence-corrected chi connectivity index (χ4v) is 1.37. The van der Waals surface area contributed by atoms with Crippen LogP contribution in [0.1, 0.15) is 25.3 Å². The van der Waals surface area contributed by atoms with Crippen LogP contribution >= 0.6 is 0 Å². The highest BCUT2D eigenvalue weighted by molar-refractivity contribution is 5.73. The molecule has 0 saturated carbocycles. The van der Waals surface area contributed by atoms with E-state index in [4.69, 9.17) is 15.2 Å². The highest BCUT2D eigenvalue weighted by atomic mass is 16.5. The molecule has 0 aliphatic rings. The lowest BCUT2D eigenvalue weighted by atomic mass is 10.2. The molecule has 1 amide bonds. The number of hydrogen-bond acceptors (Lipinski definition) is 4. The first-order valence-corrected chi connectivity index (χ1v) is 5.95. The number of primary amides is 1. The van der Waals surface area contributed by atoms with Crippen LogP contribution < -0.4 is 15.2 Å². The fourth-order valence-electron chi connectivity index (χ4n) is 1.37. The SMILES string of the molecule is CCCOc1ccc(CO)c(OCCC(N)=O)c1. The third kappa shape index (κ3) is 4.63. The molecule has 0 atom stereocenters. The van der Waals surface area contributed by atoms with Crippen LogP contribution in [0.15, 0.2) is 18.2 Å². The van der Waals surface area contributed by atoms with Gasteiger partial charge in [0.25, 0.3) is 0 Å². The van der Waals surface area contributed by atoms with Crippen molar-refractivity contribution >= 4 is 5.91 Å². The van der Waals surface area contributed by atoms with Gasteiger partial charge in [0.2, 0.25) is 5.91 Å². The van der Waals surface area contributed by atoms with Gasteiger partial charge in [0.15, 0.2) is 0 Å². The number of ether oxygens (including phenoxy) is 2. The Balaban J connectivity index is 2.68. The van der Waals surface area contributed by atoms with E-state index in [0.29, 0.717) is 23.7 Å². The summed E-state index contributed by atoms with van der Waals surface area (Å²) in [6.07, 6.45) is 1.06. The summed E-state index contributed by atoms with van der Waals surface area (Å²) in [7, 11) is 0. The third-order valence-electron chi connectivity index (χ3n) is 2.29. The van der Waals surface area contributed by atoms with E-state index in [1.54, 1.807) is 18.2 Å². The van der Waals surface area contributed by atoms with Gasteiger partial charge in [-0.15, -0.1) is 0 Å². The van der Waals surface area contributed by atoms with Gasteiger partial charge in [-0.1, -0.05) is 6.92 Å². The van der Waals surface area contributed by atoms with Crippen LogP contribution in [0.5, 0.6) is 11.5 Å². The zero-order chi connectivity index (χ0) is 13.4. The standard InChI is InChI=1S/C13H19NO4/c1-2-6-17-11-4-3-10(9-15)12(8-11)18-7-5-13(14)16/h3-4,8,15H,2,5-7,9H2,1H3,(H2,14,16). The molecule has 18 heavy (non-hydrogen) atoms. The lowest BCUT2D eigenvalue weighted by molar-refractivity contribution is -0.118. The molecule has 0 saturated heterocycles. The number of carbonyl (C=O) groups is 1. The second-order valence-corrected chi connectivity index (χ2v) is 3.84. The summed E-state index contributed by atoms with van der Waals surface area (Å²) < 4.78 is 10.9. The summed E-state index contributed by atoms with van der Waals surface area (Å²) >= 11 is 0. The zero-order valence-electron chi connectivity index (χ0n) is 10.5. The smallest absolute Gasteiger partial charge is 0.220 e. The lowest BCUT2D eigenvalue weighted by Crippen LogP contribution is -2.15. The normalized spacial score (nSPS) is 10.1. The van der Waals surface area contributed by atoms with Gasteiger partial charge in [0.05, 0.1) is 26.2 Å². The molecule has 0 bridgehead atoms. The molecule has 0 aliphatic carbocycles. The van der Waals surface area contributed by atoms with Gasteiger partial charge in [0, 0.05) is 11.6 Å². The number of carbonyl (C=O) groups excluding carboxylic acids is 1. The minimum atomic E-state index is -0.418. The van der Waals surface area contributed by atoms with Gasteiger partial charge in [-0.25, -0.2) is 0 Å². The van der Waals surface area contributed by atoms with Crippen LogP contribution in [0.25, 0.3) is 0 Å². The second kappa shape index (κ2) is 7.55. The molecule has 0 aromatic heterocycles. The molecular weight excluding hydrogens is 234 g/mol. The minimum absolute atomic E-state index is 0.125. The number of aliphatic hydroxyl groups is 1. The third-order valence-corrected chi connectivity index (χ3v) is 2.29. The van der Waals surface area contributed by atoms with Crippen LogP contribution in [0.2, 0.25) is 0 Å². The van der Waals surface area contributed by atoms with Crippen LogP contribution in [0.3, 0.4) is 0 Å². The maximum Gasteiger partial charge on any atom is 0.220 e. The van der Waals surface area contributed by atoms with Crippen LogP contribution in [-0.2, 0) is 11.4 Å². The van der Waals surface area contributed by atoms with E-state index in [-0.39, 0.29) is 19.6 Å². The molecule has 0 radical (unpaired) electrons. The first kappa shape index (κ1) is 14.3. The average Bonchev–Trinajstić information content (AvgIpc) is 2.36. The van der Waals surface area contributed by atoms with Crippen molar-refractivity contribution in [2.45, 2.75) is 26.4 Å². The molecule has 0 spiro atoms. The van der Waals surface area contributed by atoms with E-state index in [1.165, 1.54) is 0 Å². The Morgan fingerprint density at radius 3 is 2.72 bits per heavy atom. The van der Waals surface area contributed by atoms with Gasteiger partial charge in [-0.2, -0.15) is 0 Å². The van der Waals surface area contributed by atoms with Crippen molar-refractivity contribution in [1.29, 1.82) is 0 Å². The van der Waals surface area contributed by atoms with E-state index in [1.807, 2.05) is 6.92 Å². The Hall–Kier alpha value is -1.75. The first-order valence-electron chi connectivity index (χ1n) is 5.95. The minimum Gasteiger partial charge on any atom is -0.493 e. The van der Waals surface area contributed by atoms with Gasteiger partial charge >= 0.3 is 0 Å². The van der Waals surface area contributed by atoms with Gasteiger partial charge in [-0.05, 0) is 18.6 Å². The van der Waals surface area contributed by atoms with Crippen molar-refractivity contribution in [1.82, 2.24) is 0 Å². The average molecular weight is 253 g/mol. The fraction of sp³-hybridized carbons (Fsp3) is 0.462. The maximum atomic E-state index is 10.6. The summed E-state index contributed by atoms with van der Waals surface area (Å²) in [5.41, 5.74) is 5.69. The molecular formula is C13H19NO4. The molecule has 5 nitrogen and oxygen atoms in total. The van der Waals surface area contributed by atoms with E-state index in [2.05, 4.69) is 0 Å². The van der Waals surface area contributed by atoms with Crippen molar-refractivity contribution in [2.24, 2.45) is 5.73 Å². The van der Waals surface area contributed by atoms with Crippen LogP contribution in [0.4, 0.5) is 0 Å². The Bertz CT molecular complexity index is 393. The highest BCUT2D eigenvalue weighted by Gasteiger charge is 2.06. The molecule has 100 valence electrons. The quantitative estimate of drug-likeness (QED) is 0.730. The highest BCUT2D eigenvalue weighted by Crippen LogP contribution is 2.25. The second-order valence-electron chi connectivity index (χ2n) is 3.84. The molecule has 3 N–H and O–H groups in total. The summed E-state index contributed by atoms with van der Waals surface area (Å²) in [4.78, 5) is 10.6. The van der Waals surface area contributed by atoms with Crippen molar-refractivity contribution < 1.29 is 19.4 Å². The molecule has 0 aliphatic heterocycles. The van der Waals surface area contributed by atoms with E-state index in [9.17, 15) is 9.90 Å². The Kier molecular flexibility index (Phi) is 6.00. The van der Waals surface area contributed by atoms with Crippen molar-refractivity contribution in [2.75, 3.05) is 13.2 Å². The number of aliphatic hydroxyl groups excluding tert-OH is 1. The van der Waals surface area contributed by atoms with E-state index < -0.39 is 5.91 Å². The molecule has 0 heterocycles. The monoisotopic (exact) mass is 253 g/mol. The number of nitrogens with two attached hydrogens (primary N) is 1. The molecule has 1 rings (SSSR count). The summed E-state index contributed by atoms with van der Waals surface area (Å²) in [6, 6.07) is 5.23. The summed E-state index contributed by atoms with van der Waals surface area (Å²) in [5.74, 6) is 0.786. The number of hydrogen-bond donors (Lipinski definition) is 2. The Morgan fingerprint density at radius 2 is 2.11 bits per heavy atom. The summed E-state index contributed by atoms with van der Waals surface area (Å²) in [6.45, 7) is 2.71. The van der Waals surface area contributed by atoms with Crippen molar-refractivity contribution in [3.63, 3.8) is 0 Å². The van der Waals surface area contributed by atoms with Gasteiger partial charge in [0.1, 0.15) is 11.5 Å². The molecule has 1 aromatic carbocycles. The number of amides is 1. The number of rotatable bonds is 8. The Morgan fingerprint density at radius 1 is 1.33 bits per heavy atom. The topological polar surface area (TPSA) is 81.8 Å². The zero-order valence-corrected chi connectivity index (χ0v) is 10.5. The van der Waals surface area contributed by atoms with Gasteiger partial charge in [-0.3, -0.25) is 4.79 Å². The molecule has 5 heteroatoms. The maximum absolute atomic E-state index is 10.6. The predicted octanol–water partition coefficient (Wildman–Crippen LogP) is 1.22. The summed E-state index contributed by atoms with van der Waals surface area (Å²) in [5, 5.41) is 9.18. The van der Waals surface area contributed by atoms with Crippen LogP contribution in [0, 0.1) is 0 Å². The van der Waals surface area contributed by atoms with Crippen molar-refractivity contribution in [3.8, 4) is 11.5 Å². The number of benzene rings is 1. The van der Waals surface area contributed by atoms with Crippen molar-refractivity contribution in [3.05, 3.63) is 23.8 Å². The Labute approximate surface area is 107 Å². The predicted molar refractivity (Wildman–Crippen MR) is 67.5 cm³/mol.